The first-order valence-corrected chi connectivity index (χ1v) is 5.45. The highest BCUT2D eigenvalue weighted by Gasteiger charge is 2.30. The van der Waals surface area contributed by atoms with Crippen LogP contribution in [0.4, 0.5) is 0 Å². The molecule has 3 nitrogen and oxygen atoms in total. The van der Waals surface area contributed by atoms with Crippen molar-refractivity contribution in [2.24, 2.45) is 12.8 Å². The molecule has 1 fully saturated rings. The number of hydrogen-bond acceptors (Lipinski definition) is 2. The van der Waals surface area contributed by atoms with Gasteiger partial charge in [0.2, 0.25) is 0 Å². The monoisotopic (exact) mass is 201 g/mol. The Labute approximate surface area is 88.9 Å². The SMILES string of the molecule is Cn1c(C2CC2)c(CN)c2cccnc21. The second kappa shape index (κ2) is 3.07. The lowest BCUT2D eigenvalue weighted by molar-refractivity contribution is 0.826. The quantitative estimate of drug-likeness (QED) is 0.806. The van der Waals surface area contributed by atoms with Crippen LogP contribution in [-0.2, 0) is 13.6 Å². The van der Waals surface area contributed by atoms with Crippen LogP contribution in [0.2, 0.25) is 0 Å². The lowest BCUT2D eigenvalue weighted by Gasteiger charge is -2.03. The van der Waals surface area contributed by atoms with E-state index in [1.807, 2.05) is 12.3 Å². The number of hydrogen-bond donors (Lipinski definition) is 1. The van der Waals surface area contributed by atoms with E-state index in [0.717, 1.165) is 11.6 Å². The molecule has 1 aliphatic rings. The molecule has 0 amide bonds. The second-order valence-electron chi connectivity index (χ2n) is 4.28. The van der Waals surface area contributed by atoms with Crippen LogP contribution in [0.1, 0.15) is 30.0 Å². The fraction of sp³-hybridized carbons (Fsp3) is 0.417. The highest BCUT2D eigenvalue weighted by atomic mass is 15.0. The summed E-state index contributed by atoms with van der Waals surface area (Å²) < 4.78 is 2.22. The minimum atomic E-state index is 0.620. The Hall–Kier alpha value is -1.35. The van der Waals surface area contributed by atoms with Crippen molar-refractivity contribution >= 4 is 11.0 Å². The summed E-state index contributed by atoms with van der Waals surface area (Å²) in [6.45, 7) is 0.620. The largest absolute Gasteiger partial charge is 0.332 e. The molecule has 0 aliphatic heterocycles. The predicted molar refractivity (Wildman–Crippen MR) is 60.6 cm³/mol. The molecule has 1 saturated carbocycles. The lowest BCUT2D eigenvalue weighted by Crippen LogP contribution is -2.02. The molecule has 3 heteroatoms. The van der Waals surface area contributed by atoms with Crippen molar-refractivity contribution < 1.29 is 0 Å². The van der Waals surface area contributed by atoms with E-state index < -0.39 is 0 Å². The Bertz CT molecular complexity index is 509. The summed E-state index contributed by atoms with van der Waals surface area (Å²) in [4.78, 5) is 4.43. The lowest BCUT2D eigenvalue weighted by atomic mass is 10.1. The average molecular weight is 201 g/mol. The van der Waals surface area contributed by atoms with E-state index >= 15 is 0 Å². The molecule has 0 radical (unpaired) electrons. The Morgan fingerprint density at radius 3 is 3.00 bits per heavy atom. The molecule has 0 saturated heterocycles. The summed E-state index contributed by atoms with van der Waals surface area (Å²) in [6, 6.07) is 4.11. The van der Waals surface area contributed by atoms with Crippen molar-refractivity contribution in [1.82, 2.24) is 9.55 Å². The molecule has 2 aromatic heterocycles. The predicted octanol–water partition coefficient (Wildman–Crippen LogP) is 1.91. The normalized spacial score (nSPS) is 16.1. The Morgan fingerprint density at radius 1 is 1.53 bits per heavy atom. The molecule has 78 valence electrons. The van der Waals surface area contributed by atoms with Gasteiger partial charge in [-0.15, -0.1) is 0 Å². The molecule has 2 heterocycles. The zero-order chi connectivity index (χ0) is 10.4. The number of fused-ring (bicyclic) bond motifs is 1. The minimum absolute atomic E-state index is 0.620. The number of nitrogens with zero attached hydrogens (tertiary/aromatic N) is 2. The van der Waals surface area contributed by atoms with Gasteiger partial charge in [-0.3, -0.25) is 0 Å². The third kappa shape index (κ3) is 1.20. The van der Waals surface area contributed by atoms with E-state index in [1.54, 1.807) is 0 Å². The van der Waals surface area contributed by atoms with Gasteiger partial charge in [0, 0.05) is 30.9 Å². The van der Waals surface area contributed by atoms with Gasteiger partial charge >= 0.3 is 0 Å². The Balaban J connectivity index is 2.36. The van der Waals surface area contributed by atoms with E-state index in [-0.39, 0.29) is 0 Å². The summed E-state index contributed by atoms with van der Waals surface area (Å²) in [7, 11) is 2.10. The molecule has 1 aliphatic carbocycles. The Morgan fingerprint density at radius 2 is 2.33 bits per heavy atom. The van der Waals surface area contributed by atoms with Crippen molar-refractivity contribution in [3.63, 3.8) is 0 Å². The fourth-order valence-electron chi connectivity index (χ4n) is 2.45. The second-order valence-corrected chi connectivity index (χ2v) is 4.28. The topological polar surface area (TPSA) is 43.8 Å². The average Bonchev–Trinajstić information content (AvgIpc) is 3.05. The minimum Gasteiger partial charge on any atom is -0.332 e. The summed E-state index contributed by atoms with van der Waals surface area (Å²) in [5.74, 6) is 0.725. The van der Waals surface area contributed by atoms with Crippen LogP contribution in [0.25, 0.3) is 11.0 Å². The molecular formula is C12H15N3. The smallest absolute Gasteiger partial charge is 0.140 e. The number of aromatic nitrogens is 2. The summed E-state index contributed by atoms with van der Waals surface area (Å²) in [5, 5.41) is 1.23. The molecule has 0 aromatic carbocycles. The third-order valence-electron chi connectivity index (χ3n) is 3.27. The van der Waals surface area contributed by atoms with E-state index in [2.05, 4.69) is 22.7 Å². The molecule has 0 unspecified atom stereocenters. The van der Waals surface area contributed by atoms with Gasteiger partial charge in [-0.25, -0.2) is 4.98 Å². The van der Waals surface area contributed by atoms with Gasteiger partial charge in [-0.05, 0) is 36.5 Å². The molecule has 3 rings (SSSR count). The molecule has 0 atom stereocenters. The van der Waals surface area contributed by atoms with Gasteiger partial charge in [0.05, 0.1) is 0 Å². The first kappa shape index (κ1) is 8.92. The molecule has 0 spiro atoms. The van der Waals surface area contributed by atoms with Crippen molar-refractivity contribution in [2.75, 3.05) is 0 Å². The van der Waals surface area contributed by atoms with E-state index in [1.165, 1.54) is 29.5 Å². The third-order valence-corrected chi connectivity index (χ3v) is 3.27. The molecule has 2 aromatic rings. The van der Waals surface area contributed by atoms with Gasteiger partial charge in [-0.1, -0.05) is 0 Å². The van der Waals surface area contributed by atoms with Crippen molar-refractivity contribution in [2.45, 2.75) is 25.3 Å². The van der Waals surface area contributed by atoms with E-state index in [0.29, 0.717) is 6.54 Å². The van der Waals surface area contributed by atoms with Crippen LogP contribution in [0, 0.1) is 0 Å². The summed E-state index contributed by atoms with van der Waals surface area (Å²) in [6.07, 6.45) is 4.45. The van der Waals surface area contributed by atoms with Crippen LogP contribution in [0.3, 0.4) is 0 Å². The number of rotatable bonds is 2. The van der Waals surface area contributed by atoms with Crippen molar-refractivity contribution in [3.8, 4) is 0 Å². The maximum absolute atomic E-state index is 5.85. The Kier molecular flexibility index (Phi) is 1.83. The number of nitrogens with two attached hydrogens (primary N) is 1. The van der Waals surface area contributed by atoms with Gasteiger partial charge in [-0.2, -0.15) is 0 Å². The maximum Gasteiger partial charge on any atom is 0.140 e. The standard InChI is InChI=1S/C12H15N3/c1-15-11(8-4-5-8)10(7-13)9-3-2-6-14-12(9)15/h2-3,6,8H,4-5,7,13H2,1H3. The zero-order valence-corrected chi connectivity index (χ0v) is 8.90. The highest BCUT2D eigenvalue weighted by molar-refractivity contribution is 5.82. The first-order valence-electron chi connectivity index (χ1n) is 5.45. The fourth-order valence-corrected chi connectivity index (χ4v) is 2.45. The highest BCUT2D eigenvalue weighted by Crippen LogP contribution is 2.43. The zero-order valence-electron chi connectivity index (χ0n) is 8.90. The summed E-state index contributed by atoms with van der Waals surface area (Å²) in [5.41, 5.74) is 9.63. The summed E-state index contributed by atoms with van der Waals surface area (Å²) >= 11 is 0. The van der Waals surface area contributed by atoms with Gasteiger partial charge in [0.25, 0.3) is 0 Å². The van der Waals surface area contributed by atoms with E-state index in [9.17, 15) is 0 Å². The van der Waals surface area contributed by atoms with E-state index in [4.69, 9.17) is 5.73 Å². The van der Waals surface area contributed by atoms with Gasteiger partial charge in [0.15, 0.2) is 0 Å². The van der Waals surface area contributed by atoms with Crippen LogP contribution < -0.4 is 5.73 Å². The van der Waals surface area contributed by atoms with Gasteiger partial charge < -0.3 is 10.3 Å². The van der Waals surface area contributed by atoms with Crippen molar-refractivity contribution in [1.29, 1.82) is 0 Å². The van der Waals surface area contributed by atoms with Crippen molar-refractivity contribution in [3.05, 3.63) is 29.6 Å². The van der Waals surface area contributed by atoms with Crippen LogP contribution >= 0.6 is 0 Å². The maximum atomic E-state index is 5.85. The van der Waals surface area contributed by atoms with Crippen LogP contribution in [0.5, 0.6) is 0 Å². The number of pyridine rings is 1. The first-order chi connectivity index (χ1) is 7.33. The molecule has 15 heavy (non-hydrogen) atoms. The molecule has 0 bridgehead atoms. The molecular weight excluding hydrogens is 186 g/mol. The van der Waals surface area contributed by atoms with Crippen LogP contribution in [-0.4, -0.2) is 9.55 Å². The molecule has 2 N–H and O–H groups in total. The van der Waals surface area contributed by atoms with Gasteiger partial charge in [0.1, 0.15) is 5.65 Å². The van der Waals surface area contributed by atoms with Crippen LogP contribution in [0.15, 0.2) is 18.3 Å². The number of aryl methyl sites for hydroxylation is 1.